The Morgan fingerprint density at radius 2 is 1.87 bits per heavy atom. The largest absolute Gasteiger partial charge is 0.465 e. The Morgan fingerprint density at radius 3 is 2.33 bits per heavy atom. The lowest BCUT2D eigenvalue weighted by Crippen LogP contribution is -2.08. The number of hydrogen-bond acceptors (Lipinski definition) is 5. The molecule has 1 aromatic heterocycles. The molecular weight excluding hydrogens is 266 g/mol. The van der Waals surface area contributed by atoms with Gasteiger partial charge in [-0.2, -0.15) is 0 Å². The second-order valence-corrected chi connectivity index (χ2v) is 3.39. The number of methoxy groups -OCH3 is 2. The van der Waals surface area contributed by atoms with Crippen LogP contribution in [-0.2, 0) is 9.47 Å². The molecule has 0 atom stereocenters. The lowest BCUT2D eigenvalue weighted by Gasteiger charge is -2.03. The lowest BCUT2D eigenvalue weighted by molar-refractivity contribution is 0.0580. The van der Waals surface area contributed by atoms with Crippen LogP contribution in [0.5, 0.6) is 0 Å². The van der Waals surface area contributed by atoms with Crippen LogP contribution >= 0.6 is 15.9 Å². The van der Waals surface area contributed by atoms with Gasteiger partial charge in [-0.1, -0.05) is 0 Å². The zero-order valence-corrected chi connectivity index (χ0v) is 9.70. The minimum Gasteiger partial charge on any atom is -0.465 e. The molecule has 0 fully saturated rings. The minimum absolute atomic E-state index is 0.116. The molecule has 0 unspecified atom stereocenters. The first-order chi connectivity index (χ1) is 7.10. The summed E-state index contributed by atoms with van der Waals surface area (Å²) in [6.07, 6.45) is 1.25. The summed E-state index contributed by atoms with van der Waals surface area (Å²) in [4.78, 5) is 26.1. The van der Waals surface area contributed by atoms with Crippen molar-refractivity contribution in [1.29, 1.82) is 0 Å². The molecule has 0 radical (unpaired) electrons. The average Bonchev–Trinajstić information content (AvgIpc) is 2.26. The molecule has 0 aromatic carbocycles. The molecule has 1 rings (SSSR count). The van der Waals surface area contributed by atoms with E-state index in [9.17, 15) is 9.59 Å². The second kappa shape index (κ2) is 4.88. The third kappa shape index (κ3) is 2.53. The first-order valence-electron chi connectivity index (χ1n) is 3.92. The Balaban J connectivity index is 3.08. The van der Waals surface area contributed by atoms with Crippen molar-refractivity contribution in [2.24, 2.45) is 0 Å². The maximum atomic E-state index is 11.2. The molecule has 0 saturated carbocycles. The fraction of sp³-hybridized carbons (Fsp3) is 0.222. The van der Waals surface area contributed by atoms with E-state index in [1.54, 1.807) is 0 Å². The van der Waals surface area contributed by atoms with Gasteiger partial charge in [0.15, 0.2) is 5.69 Å². The summed E-state index contributed by atoms with van der Waals surface area (Å²) >= 11 is 3.11. The van der Waals surface area contributed by atoms with Crippen molar-refractivity contribution in [2.75, 3.05) is 14.2 Å². The van der Waals surface area contributed by atoms with Crippen LogP contribution in [0.1, 0.15) is 20.8 Å². The van der Waals surface area contributed by atoms with Gasteiger partial charge >= 0.3 is 11.9 Å². The van der Waals surface area contributed by atoms with Crippen LogP contribution in [0.25, 0.3) is 0 Å². The molecule has 0 N–H and O–H groups in total. The normalized spacial score (nSPS) is 9.53. The van der Waals surface area contributed by atoms with E-state index in [1.807, 2.05) is 0 Å². The molecule has 15 heavy (non-hydrogen) atoms. The summed E-state index contributed by atoms with van der Waals surface area (Å²) in [7, 11) is 2.52. The average molecular weight is 274 g/mol. The smallest absolute Gasteiger partial charge is 0.357 e. The van der Waals surface area contributed by atoms with E-state index in [-0.39, 0.29) is 11.3 Å². The number of hydrogen-bond donors (Lipinski definition) is 0. The molecule has 0 aliphatic carbocycles. The minimum atomic E-state index is -0.571. The molecule has 0 saturated heterocycles. The predicted octanol–water partition coefficient (Wildman–Crippen LogP) is 1.42. The number of pyridine rings is 1. The Kier molecular flexibility index (Phi) is 3.79. The van der Waals surface area contributed by atoms with Gasteiger partial charge in [-0.05, 0) is 22.0 Å². The number of ether oxygens (including phenoxy) is 2. The SMILES string of the molecule is COC(=O)c1cnc(C(=O)OC)c(Br)c1. The first kappa shape index (κ1) is 11.6. The topological polar surface area (TPSA) is 65.5 Å². The van der Waals surface area contributed by atoms with E-state index in [0.29, 0.717) is 4.47 Å². The van der Waals surface area contributed by atoms with Gasteiger partial charge in [0.05, 0.1) is 24.3 Å². The van der Waals surface area contributed by atoms with Crippen LogP contribution < -0.4 is 0 Å². The highest BCUT2D eigenvalue weighted by atomic mass is 79.9. The Labute approximate surface area is 94.5 Å². The molecule has 6 heteroatoms. The number of carbonyl (C=O) groups is 2. The van der Waals surface area contributed by atoms with Gasteiger partial charge in [0.2, 0.25) is 0 Å². The summed E-state index contributed by atoms with van der Waals surface area (Å²) in [6, 6.07) is 1.45. The molecule has 1 aromatic rings. The summed E-state index contributed by atoms with van der Waals surface area (Å²) in [5.74, 6) is -1.09. The van der Waals surface area contributed by atoms with E-state index in [0.717, 1.165) is 0 Å². The zero-order valence-electron chi connectivity index (χ0n) is 8.11. The summed E-state index contributed by atoms with van der Waals surface area (Å²) in [5, 5.41) is 0. The fourth-order valence-corrected chi connectivity index (χ4v) is 1.43. The Hall–Kier alpha value is -1.43. The van der Waals surface area contributed by atoms with Crippen LogP contribution in [-0.4, -0.2) is 31.1 Å². The predicted molar refractivity (Wildman–Crippen MR) is 54.6 cm³/mol. The van der Waals surface area contributed by atoms with E-state index < -0.39 is 11.9 Å². The quantitative estimate of drug-likeness (QED) is 0.763. The van der Waals surface area contributed by atoms with Crippen molar-refractivity contribution >= 4 is 27.9 Å². The standard InChI is InChI=1S/C9H8BrNO4/c1-14-8(12)5-3-6(10)7(11-4-5)9(13)15-2/h3-4H,1-2H3. The Bertz CT molecular complexity index is 405. The summed E-state index contributed by atoms with van der Waals surface area (Å²) < 4.78 is 9.38. The highest BCUT2D eigenvalue weighted by molar-refractivity contribution is 9.10. The molecule has 0 bridgehead atoms. The third-order valence-electron chi connectivity index (χ3n) is 1.64. The molecule has 1 heterocycles. The van der Waals surface area contributed by atoms with Crippen molar-refractivity contribution < 1.29 is 19.1 Å². The number of aromatic nitrogens is 1. The highest BCUT2D eigenvalue weighted by Crippen LogP contribution is 2.17. The molecule has 0 aliphatic heterocycles. The maximum absolute atomic E-state index is 11.2. The molecule has 0 aliphatic rings. The maximum Gasteiger partial charge on any atom is 0.357 e. The number of rotatable bonds is 2. The van der Waals surface area contributed by atoms with Gasteiger partial charge in [0.25, 0.3) is 0 Å². The van der Waals surface area contributed by atoms with Crippen LogP contribution in [0.2, 0.25) is 0 Å². The molecule has 0 spiro atoms. The van der Waals surface area contributed by atoms with E-state index >= 15 is 0 Å². The van der Waals surface area contributed by atoms with Gasteiger partial charge in [0, 0.05) is 6.20 Å². The second-order valence-electron chi connectivity index (χ2n) is 2.54. The van der Waals surface area contributed by atoms with Gasteiger partial charge in [-0.3, -0.25) is 0 Å². The molecule has 80 valence electrons. The van der Waals surface area contributed by atoms with Crippen molar-refractivity contribution in [2.45, 2.75) is 0 Å². The lowest BCUT2D eigenvalue weighted by atomic mass is 10.2. The summed E-state index contributed by atoms with van der Waals surface area (Å²) in [5.41, 5.74) is 0.377. The van der Waals surface area contributed by atoms with E-state index in [1.165, 1.54) is 26.5 Å². The molecule has 5 nitrogen and oxygen atoms in total. The number of halogens is 1. The van der Waals surface area contributed by atoms with Crippen molar-refractivity contribution in [3.05, 3.63) is 28.0 Å². The van der Waals surface area contributed by atoms with Gasteiger partial charge < -0.3 is 9.47 Å². The molecule has 0 amide bonds. The first-order valence-corrected chi connectivity index (χ1v) is 4.71. The Morgan fingerprint density at radius 1 is 1.27 bits per heavy atom. The van der Waals surface area contributed by atoms with Crippen molar-refractivity contribution in [3.8, 4) is 0 Å². The number of esters is 2. The van der Waals surface area contributed by atoms with Gasteiger partial charge in [0.1, 0.15) is 0 Å². The summed E-state index contributed by atoms with van der Waals surface area (Å²) in [6.45, 7) is 0. The third-order valence-corrected chi connectivity index (χ3v) is 2.25. The zero-order chi connectivity index (χ0) is 11.4. The van der Waals surface area contributed by atoms with Crippen molar-refractivity contribution in [3.63, 3.8) is 0 Å². The van der Waals surface area contributed by atoms with Gasteiger partial charge in [-0.25, -0.2) is 14.6 Å². The van der Waals surface area contributed by atoms with Gasteiger partial charge in [-0.15, -0.1) is 0 Å². The monoisotopic (exact) mass is 273 g/mol. The van der Waals surface area contributed by atoms with Crippen LogP contribution in [0, 0.1) is 0 Å². The van der Waals surface area contributed by atoms with E-state index in [2.05, 4.69) is 30.4 Å². The van der Waals surface area contributed by atoms with Crippen molar-refractivity contribution in [1.82, 2.24) is 4.98 Å². The van der Waals surface area contributed by atoms with Crippen LogP contribution in [0.4, 0.5) is 0 Å². The highest BCUT2D eigenvalue weighted by Gasteiger charge is 2.15. The van der Waals surface area contributed by atoms with Crippen LogP contribution in [0.3, 0.4) is 0 Å². The van der Waals surface area contributed by atoms with E-state index in [4.69, 9.17) is 0 Å². The number of carbonyl (C=O) groups excluding carboxylic acids is 2. The molecular formula is C9H8BrNO4. The fourth-order valence-electron chi connectivity index (χ4n) is 0.914. The number of nitrogens with zero attached hydrogens (tertiary/aromatic N) is 1. The van der Waals surface area contributed by atoms with Crippen LogP contribution in [0.15, 0.2) is 16.7 Å².